The first-order valence-corrected chi connectivity index (χ1v) is 6.19. The maximum atomic E-state index is 11.4. The minimum Gasteiger partial charge on any atom is -0.495 e. The molecule has 110 valence electrons. The summed E-state index contributed by atoms with van der Waals surface area (Å²) in [5, 5.41) is 11.9. The van der Waals surface area contributed by atoms with Crippen LogP contribution in [0.1, 0.15) is 5.56 Å². The van der Waals surface area contributed by atoms with Crippen molar-refractivity contribution >= 4 is 23.5 Å². The summed E-state index contributed by atoms with van der Waals surface area (Å²) in [6, 6.07) is 3.91. The van der Waals surface area contributed by atoms with Crippen molar-refractivity contribution in [3.63, 3.8) is 0 Å². The number of halogens is 1. The Kier molecular flexibility index (Phi) is 6.27. The van der Waals surface area contributed by atoms with Gasteiger partial charge in [-0.15, -0.1) is 0 Å². The maximum absolute atomic E-state index is 11.4. The number of carboxylic acid groups (broad SMARTS) is 1. The molecule has 0 saturated heterocycles. The van der Waals surface area contributed by atoms with Gasteiger partial charge in [0.25, 0.3) is 0 Å². The number of aliphatic carboxylic acids is 1. The lowest BCUT2D eigenvalue weighted by Crippen LogP contribution is -2.43. The Bertz CT molecular complexity index is 492. The molecule has 20 heavy (non-hydrogen) atoms. The molecule has 0 fully saturated rings. The number of carbonyl (C=O) groups excluding carboxylic acids is 1. The highest BCUT2D eigenvalue weighted by atomic mass is 35.5. The maximum Gasteiger partial charge on any atom is 0.326 e. The minimum atomic E-state index is -1.12. The third-order valence-electron chi connectivity index (χ3n) is 2.56. The Morgan fingerprint density at radius 3 is 2.60 bits per heavy atom. The predicted octanol–water partition coefficient (Wildman–Crippen LogP) is 1.11. The quantitative estimate of drug-likeness (QED) is 0.788. The number of benzene rings is 1. The van der Waals surface area contributed by atoms with Crippen molar-refractivity contribution in [1.82, 2.24) is 5.32 Å². The summed E-state index contributed by atoms with van der Waals surface area (Å²) >= 11 is 5.97. The average molecular weight is 302 g/mol. The molecule has 0 bridgehead atoms. The molecule has 0 heterocycles. The van der Waals surface area contributed by atoms with Crippen LogP contribution in [0.4, 0.5) is 0 Å². The molecule has 0 saturated carbocycles. The summed E-state index contributed by atoms with van der Waals surface area (Å²) in [5.41, 5.74) is 0.681. The van der Waals surface area contributed by atoms with Crippen LogP contribution in [0.3, 0.4) is 0 Å². The molecule has 1 amide bonds. The Morgan fingerprint density at radius 2 is 2.10 bits per heavy atom. The highest BCUT2D eigenvalue weighted by Crippen LogP contribution is 2.25. The van der Waals surface area contributed by atoms with Crippen LogP contribution in [0.15, 0.2) is 18.2 Å². The van der Waals surface area contributed by atoms with E-state index in [1.165, 1.54) is 14.2 Å². The molecular weight excluding hydrogens is 286 g/mol. The second-order valence-corrected chi connectivity index (χ2v) is 4.47. The Morgan fingerprint density at radius 1 is 1.40 bits per heavy atom. The highest BCUT2D eigenvalue weighted by Gasteiger charge is 2.20. The van der Waals surface area contributed by atoms with Gasteiger partial charge < -0.3 is 19.9 Å². The van der Waals surface area contributed by atoms with Gasteiger partial charge in [0, 0.05) is 13.5 Å². The molecule has 0 unspecified atom stereocenters. The molecule has 7 heteroatoms. The fraction of sp³-hybridized carbons (Fsp3) is 0.385. The largest absolute Gasteiger partial charge is 0.495 e. The molecule has 6 nitrogen and oxygen atoms in total. The molecule has 0 radical (unpaired) electrons. The van der Waals surface area contributed by atoms with Crippen molar-refractivity contribution in [1.29, 1.82) is 0 Å². The SMILES string of the molecule is COCC(=O)N[C@@H](Cc1ccc(OC)c(Cl)c1)C(=O)O. The van der Waals surface area contributed by atoms with E-state index in [0.29, 0.717) is 16.3 Å². The van der Waals surface area contributed by atoms with Gasteiger partial charge in [0.1, 0.15) is 18.4 Å². The molecule has 0 spiro atoms. The van der Waals surface area contributed by atoms with E-state index in [2.05, 4.69) is 10.1 Å². The fourth-order valence-corrected chi connectivity index (χ4v) is 1.92. The molecule has 1 aromatic carbocycles. The Labute approximate surface area is 121 Å². The lowest BCUT2D eigenvalue weighted by Gasteiger charge is -2.15. The number of hydrogen-bond donors (Lipinski definition) is 2. The van der Waals surface area contributed by atoms with Gasteiger partial charge in [-0.1, -0.05) is 17.7 Å². The summed E-state index contributed by atoms with van der Waals surface area (Å²) in [4.78, 5) is 22.5. The van der Waals surface area contributed by atoms with Crippen molar-refractivity contribution in [2.75, 3.05) is 20.8 Å². The fourth-order valence-electron chi connectivity index (χ4n) is 1.64. The number of amides is 1. The molecule has 0 aliphatic heterocycles. The monoisotopic (exact) mass is 301 g/mol. The van der Waals surface area contributed by atoms with Crippen LogP contribution in [0.5, 0.6) is 5.75 Å². The van der Waals surface area contributed by atoms with Gasteiger partial charge in [-0.3, -0.25) is 4.79 Å². The van der Waals surface area contributed by atoms with Crippen LogP contribution >= 0.6 is 11.6 Å². The molecule has 1 atom stereocenters. The standard InChI is InChI=1S/C13H16ClNO5/c1-19-7-12(16)15-10(13(17)18)6-8-3-4-11(20-2)9(14)5-8/h3-5,10H,6-7H2,1-2H3,(H,15,16)(H,17,18)/t10-/m0/s1. The first-order valence-electron chi connectivity index (χ1n) is 5.81. The topological polar surface area (TPSA) is 84.9 Å². The van der Waals surface area contributed by atoms with Crippen molar-refractivity contribution in [2.45, 2.75) is 12.5 Å². The van der Waals surface area contributed by atoms with Crippen LogP contribution in [0.25, 0.3) is 0 Å². The first-order chi connectivity index (χ1) is 9.47. The summed E-state index contributed by atoms with van der Waals surface area (Å²) in [5.74, 6) is -1.10. The number of nitrogens with one attached hydrogen (secondary N) is 1. The predicted molar refractivity (Wildman–Crippen MR) is 73.2 cm³/mol. The van der Waals surface area contributed by atoms with Gasteiger partial charge in [0.15, 0.2) is 0 Å². The highest BCUT2D eigenvalue weighted by molar-refractivity contribution is 6.32. The van der Waals surface area contributed by atoms with Gasteiger partial charge in [-0.2, -0.15) is 0 Å². The molecule has 0 aliphatic rings. The molecule has 2 N–H and O–H groups in total. The van der Waals surface area contributed by atoms with Crippen LogP contribution in [-0.4, -0.2) is 43.9 Å². The molecule has 0 aromatic heterocycles. The summed E-state index contributed by atoms with van der Waals surface area (Å²) in [7, 11) is 2.85. The molecule has 1 rings (SSSR count). The van der Waals surface area contributed by atoms with Crippen molar-refractivity contribution < 1.29 is 24.2 Å². The minimum absolute atomic E-state index is 0.120. The van der Waals surface area contributed by atoms with Gasteiger partial charge in [0.2, 0.25) is 5.91 Å². The van der Waals surface area contributed by atoms with Crippen LogP contribution in [-0.2, 0) is 20.7 Å². The molecular formula is C13H16ClNO5. The number of methoxy groups -OCH3 is 2. The number of hydrogen-bond acceptors (Lipinski definition) is 4. The summed E-state index contributed by atoms with van der Waals surface area (Å²) in [6.07, 6.45) is 0.120. The number of carbonyl (C=O) groups is 2. The number of rotatable bonds is 7. The van der Waals surface area contributed by atoms with E-state index in [1.807, 2.05) is 0 Å². The van der Waals surface area contributed by atoms with E-state index in [0.717, 1.165) is 0 Å². The van der Waals surface area contributed by atoms with Gasteiger partial charge >= 0.3 is 5.97 Å². The van der Waals surface area contributed by atoms with E-state index in [-0.39, 0.29) is 13.0 Å². The zero-order valence-corrected chi connectivity index (χ0v) is 11.9. The average Bonchev–Trinajstić information content (AvgIpc) is 2.38. The smallest absolute Gasteiger partial charge is 0.326 e. The van der Waals surface area contributed by atoms with Gasteiger partial charge in [-0.25, -0.2) is 4.79 Å². The van der Waals surface area contributed by atoms with Crippen molar-refractivity contribution in [3.05, 3.63) is 28.8 Å². The lowest BCUT2D eigenvalue weighted by molar-refractivity contribution is -0.142. The third kappa shape index (κ3) is 4.71. The zero-order valence-electron chi connectivity index (χ0n) is 11.2. The molecule has 1 aromatic rings. The second kappa shape index (κ2) is 7.72. The number of ether oxygens (including phenoxy) is 2. The second-order valence-electron chi connectivity index (χ2n) is 4.06. The molecule has 0 aliphatic carbocycles. The van der Waals surface area contributed by atoms with E-state index >= 15 is 0 Å². The summed E-state index contributed by atoms with van der Waals surface area (Å²) in [6.45, 7) is -0.187. The third-order valence-corrected chi connectivity index (χ3v) is 2.86. The van der Waals surface area contributed by atoms with Gasteiger partial charge in [-0.05, 0) is 17.7 Å². The van der Waals surface area contributed by atoms with Crippen LogP contribution in [0.2, 0.25) is 5.02 Å². The Balaban J connectivity index is 2.78. The summed E-state index contributed by atoms with van der Waals surface area (Å²) < 4.78 is 9.66. The van der Waals surface area contributed by atoms with E-state index in [4.69, 9.17) is 21.4 Å². The van der Waals surface area contributed by atoms with Crippen molar-refractivity contribution in [3.8, 4) is 5.75 Å². The lowest BCUT2D eigenvalue weighted by atomic mass is 10.1. The zero-order chi connectivity index (χ0) is 15.1. The van der Waals surface area contributed by atoms with Crippen LogP contribution in [0, 0.1) is 0 Å². The number of carboxylic acids is 1. The van der Waals surface area contributed by atoms with E-state index in [9.17, 15) is 9.59 Å². The van der Waals surface area contributed by atoms with E-state index < -0.39 is 17.9 Å². The normalized spacial score (nSPS) is 11.8. The Hall–Kier alpha value is -1.79. The van der Waals surface area contributed by atoms with Gasteiger partial charge in [0.05, 0.1) is 12.1 Å². The van der Waals surface area contributed by atoms with E-state index in [1.54, 1.807) is 18.2 Å². The van der Waals surface area contributed by atoms with Crippen molar-refractivity contribution in [2.24, 2.45) is 0 Å². The van der Waals surface area contributed by atoms with Crippen LogP contribution < -0.4 is 10.1 Å². The first kappa shape index (κ1) is 16.3.